The predicted octanol–water partition coefficient (Wildman–Crippen LogP) is 2.15. The van der Waals surface area contributed by atoms with Gasteiger partial charge in [0.25, 0.3) is 0 Å². The molecule has 0 radical (unpaired) electrons. The highest BCUT2D eigenvalue weighted by Crippen LogP contribution is 2.41. The molecular weight excluding hydrogens is 286 g/mol. The second-order valence-corrected chi connectivity index (χ2v) is 6.17. The van der Waals surface area contributed by atoms with Crippen LogP contribution in [0.4, 0.5) is 0 Å². The minimum Gasteiger partial charge on any atom is -0.468 e. The first-order chi connectivity index (χ1) is 10.3. The number of ether oxygens (including phenoxy) is 1. The van der Waals surface area contributed by atoms with Gasteiger partial charge >= 0.3 is 5.97 Å². The summed E-state index contributed by atoms with van der Waals surface area (Å²) in [6, 6.07) is 0. The molecule has 1 aliphatic carbocycles. The number of ketones is 2. The van der Waals surface area contributed by atoms with Crippen molar-refractivity contribution in [3.05, 3.63) is 0 Å². The van der Waals surface area contributed by atoms with Gasteiger partial charge in [-0.15, -0.1) is 0 Å². The summed E-state index contributed by atoms with van der Waals surface area (Å²) in [5, 5.41) is 3.97. The van der Waals surface area contributed by atoms with Crippen molar-refractivity contribution in [2.75, 3.05) is 13.7 Å². The van der Waals surface area contributed by atoms with Gasteiger partial charge < -0.3 is 9.57 Å². The van der Waals surface area contributed by atoms with Crippen molar-refractivity contribution in [2.24, 2.45) is 22.4 Å². The molecular formula is C16H25NO5. The van der Waals surface area contributed by atoms with Crippen molar-refractivity contribution in [1.82, 2.24) is 0 Å². The van der Waals surface area contributed by atoms with E-state index in [1.54, 1.807) is 20.8 Å². The average Bonchev–Trinajstić information content (AvgIpc) is 2.43. The Kier molecular flexibility index (Phi) is 6.26. The van der Waals surface area contributed by atoms with Gasteiger partial charge in [-0.3, -0.25) is 14.4 Å². The Morgan fingerprint density at radius 3 is 2.45 bits per heavy atom. The summed E-state index contributed by atoms with van der Waals surface area (Å²) >= 11 is 0. The van der Waals surface area contributed by atoms with E-state index >= 15 is 0 Å². The Labute approximate surface area is 131 Å². The Morgan fingerprint density at radius 1 is 1.32 bits per heavy atom. The third-order valence-corrected chi connectivity index (χ3v) is 3.89. The van der Waals surface area contributed by atoms with Crippen molar-refractivity contribution < 1.29 is 24.0 Å². The summed E-state index contributed by atoms with van der Waals surface area (Å²) in [4.78, 5) is 42.2. The number of hydrogen-bond acceptors (Lipinski definition) is 6. The molecule has 0 aliphatic heterocycles. The number of carbonyl (C=O) groups excluding carboxylic acids is 3. The van der Waals surface area contributed by atoms with E-state index in [0.29, 0.717) is 25.2 Å². The number of nitrogens with zero attached hydrogens (tertiary/aromatic N) is 1. The van der Waals surface area contributed by atoms with Crippen LogP contribution in [0.1, 0.15) is 47.0 Å². The number of Topliss-reactive ketones (excluding diaryl/α,β-unsaturated/α-hetero) is 2. The minimum atomic E-state index is -0.997. The van der Waals surface area contributed by atoms with Gasteiger partial charge in [-0.1, -0.05) is 25.9 Å². The highest BCUT2D eigenvalue weighted by molar-refractivity contribution is 6.26. The van der Waals surface area contributed by atoms with E-state index in [0.717, 1.165) is 0 Å². The number of carbonyl (C=O) groups is 3. The molecule has 6 nitrogen and oxygen atoms in total. The van der Waals surface area contributed by atoms with Crippen LogP contribution in [0.2, 0.25) is 0 Å². The first-order valence-electron chi connectivity index (χ1n) is 7.63. The SMILES string of the molecule is CCCC(=O)[C@H]1C(=O)[C@@H](C(=O)OC)C(C)(C)C/C1=N/OCC. The molecule has 0 unspecified atom stereocenters. The largest absolute Gasteiger partial charge is 0.468 e. The van der Waals surface area contributed by atoms with Gasteiger partial charge in [0.15, 0.2) is 5.78 Å². The number of oxime groups is 1. The average molecular weight is 311 g/mol. The molecule has 1 saturated carbocycles. The van der Waals surface area contributed by atoms with Gasteiger partial charge in [0.2, 0.25) is 0 Å². The molecule has 0 heterocycles. The standard InChI is InChI=1S/C16H25NO5/c1-6-8-11(18)12-10(17-22-7-2)9-16(3,4)13(14(12)19)15(20)21-5/h12-13H,6-9H2,1-5H3/b17-10-/t12-,13-/m0/s1. The van der Waals surface area contributed by atoms with Crippen LogP contribution < -0.4 is 0 Å². The second-order valence-electron chi connectivity index (χ2n) is 6.17. The van der Waals surface area contributed by atoms with E-state index in [1.807, 2.05) is 6.92 Å². The molecule has 0 saturated heterocycles. The summed E-state index contributed by atoms with van der Waals surface area (Å²) in [6.45, 7) is 7.60. The predicted molar refractivity (Wildman–Crippen MR) is 81.4 cm³/mol. The maximum atomic E-state index is 12.8. The summed E-state index contributed by atoms with van der Waals surface area (Å²) in [5.74, 6) is -3.19. The maximum Gasteiger partial charge on any atom is 0.316 e. The van der Waals surface area contributed by atoms with Gasteiger partial charge in [0.1, 0.15) is 24.2 Å². The van der Waals surface area contributed by atoms with E-state index in [1.165, 1.54) is 7.11 Å². The molecule has 0 aromatic carbocycles. The quantitative estimate of drug-likeness (QED) is 0.426. The van der Waals surface area contributed by atoms with Crippen molar-refractivity contribution >= 4 is 23.2 Å². The van der Waals surface area contributed by atoms with Crippen molar-refractivity contribution in [2.45, 2.75) is 47.0 Å². The number of esters is 1. The number of methoxy groups -OCH3 is 1. The van der Waals surface area contributed by atoms with E-state index in [4.69, 9.17) is 9.57 Å². The minimum absolute atomic E-state index is 0.213. The van der Waals surface area contributed by atoms with Gasteiger partial charge in [0.05, 0.1) is 12.8 Å². The summed E-state index contributed by atoms with van der Waals surface area (Å²) in [5.41, 5.74) is -0.251. The van der Waals surface area contributed by atoms with Gasteiger partial charge in [-0.25, -0.2) is 0 Å². The normalized spacial score (nSPS) is 25.9. The molecule has 1 rings (SSSR count). The summed E-state index contributed by atoms with van der Waals surface area (Å²) < 4.78 is 4.76. The van der Waals surface area contributed by atoms with Crippen LogP contribution >= 0.6 is 0 Å². The van der Waals surface area contributed by atoms with Crippen LogP contribution in [0.25, 0.3) is 0 Å². The van der Waals surface area contributed by atoms with E-state index in [2.05, 4.69) is 5.16 Å². The molecule has 0 aromatic heterocycles. The summed E-state index contributed by atoms with van der Waals surface area (Å²) in [6.07, 6.45) is 1.26. The third-order valence-electron chi connectivity index (χ3n) is 3.89. The number of hydrogen-bond donors (Lipinski definition) is 0. The second kappa shape index (κ2) is 7.51. The lowest BCUT2D eigenvalue weighted by Crippen LogP contribution is -2.52. The van der Waals surface area contributed by atoms with Crippen LogP contribution in [0, 0.1) is 17.3 Å². The zero-order valence-corrected chi connectivity index (χ0v) is 14.0. The van der Waals surface area contributed by atoms with Crippen LogP contribution in [0.15, 0.2) is 5.16 Å². The van der Waals surface area contributed by atoms with Crippen molar-refractivity contribution in [3.8, 4) is 0 Å². The highest BCUT2D eigenvalue weighted by atomic mass is 16.6. The summed E-state index contributed by atoms with van der Waals surface area (Å²) in [7, 11) is 1.25. The van der Waals surface area contributed by atoms with Crippen LogP contribution in [-0.2, 0) is 24.0 Å². The lowest BCUT2D eigenvalue weighted by atomic mass is 9.62. The zero-order valence-electron chi connectivity index (χ0n) is 14.0. The molecule has 0 aromatic rings. The Bertz CT molecular complexity index is 481. The van der Waals surface area contributed by atoms with Crippen LogP contribution in [0.5, 0.6) is 0 Å². The third kappa shape index (κ3) is 3.72. The molecule has 0 amide bonds. The van der Waals surface area contributed by atoms with Crippen molar-refractivity contribution in [1.29, 1.82) is 0 Å². The van der Waals surface area contributed by atoms with Crippen LogP contribution in [0.3, 0.4) is 0 Å². The maximum absolute atomic E-state index is 12.8. The molecule has 124 valence electrons. The lowest BCUT2D eigenvalue weighted by molar-refractivity contribution is -0.156. The Hall–Kier alpha value is -1.72. The van der Waals surface area contributed by atoms with Gasteiger partial charge in [-0.05, 0) is 25.2 Å². The Morgan fingerprint density at radius 2 is 1.95 bits per heavy atom. The fourth-order valence-corrected chi connectivity index (χ4v) is 2.91. The highest BCUT2D eigenvalue weighted by Gasteiger charge is 2.52. The fraction of sp³-hybridized carbons (Fsp3) is 0.750. The smallest absolute Gasteiger partial charge is 0.316 e. The topological polar surface area (TPSA) is 82.0 Å². The Balaban J connectivity index is 3.25. The fourth-order valence-electron chi connectivity index (χ4n) is 2.91. The zero-order chi connectivity index (χ0) is 16.9. The van der Waals surface area contributed by atoms with Gasteiger partial charge in [-0.2, -0.15) is 0 Å². The monoisotopic (exact) mass is 311 g/mol. The van der Waals surface area contributed by atoms with E-state index in [-0.39, 0.29) is 12.2 Å². The van der Waals surface area contributed by atoms with Gasteiger partial charge in [0, 0.05) is 6.42 Å². The molecule has 6 heteroatoms. The molecule has 0 spiro atoms. The van der Waals surface area contributed by atoms with Crippen molar-refractivity contribution in [3.63, 3.8) is 0 Å². The van der Waals surface area contributed by atoms with E-state index in [9.17, 15) is 14.4 Å². The molecule has 1 aliphatic rings. The molecule has 0 bridgehead atoms. The first kappa shape index (κ1) is 18.3. The van der Waals surface area contributed by atoms with Crippen LogP contribution in [-0.4, -0.2) is 37.0 Å². The lowest BCUT2D eigenvalue weighted by Gasteiger charge is -2.39. The molecule has 2 atom stereocenters. The molecule has 22 heavy (non-hydrogen) atoms. The first-order valence-corrected chi connectivity index (χ1v) is 7.63. The molecule has 1 fully saturated rings. The number of rotatable bonds is 6. The molecule has 0 N–H and O–H groups in total. The van der Waals surface area contributed by atoms with E-state index < -0.39 is 29.0 Å².